The number of hydrogen-bond acceptors (Lipinski definition) is 6. The van der Waals surface area contributed by atoms with E-state index >= 15 is 0 Å². The highest BCUT2D eigenvalue weighted by atomic mass is 16.6. The normalized spacial score (nSPS) is 10.1. The SMILES string of the molecule is Cc1nonc1C(=O)NCC(=O)NCCc1ccncc1. The fraction of sp³-hybridized carbons (Fsp3) is 0.308. The second-order valence-electron chi connectivity index (χ2n) is 4.34. The van der Waals surface area contributed by atoms with E-state index in [2.05, 4.69) is 30.6 Å². The first-order valence-electron chi connectivity index (χ1n) is 6.40. The van der Waals surface area contributed by atoms with Crippen LogP contribution in [0, 0.1) is 6.92 Å². The molecule has 0 saturated heterocycles. The molecule has 2 rings (SSSR count). The van der Waals surface area contributed by atoms with E-state index in [1.54, 1.807) is 19.3 Å². The lowest BCUT2D eigenvalue weighted by Crippen LogP contribution is -2.38. The highest BCUT2D eigenvalue weighted by Gasteiger charge is 2.15. The number of amides is 2. The minimum absolute atomic E-state index is 0.0829. The van der Waals surface area contributed by atoms with E-state index in [0.29, 0.717) is 18.7 Å². The predicted octanol–water partition coefficient (Wildman–Crippen LogP) is -0.138. The summed E-state index contributed by atoms with van der Waals surface area (Å²) >= 11 is 0. The van der Waals surface area contributed by atoms with Crippen molar-refractivity contribution in [2.75, 3.05) is 13.1 Å². The number of nitrogens with zero attached hydrogens (tertiary/aromatic N) is 3. The van der Waals surface area contributed by atoms with Crippen molar-refractivity contribution in [1.82, 2.24) is 25.9 Å². The molecule has 2 N–H and O–H groups in total. The fourth-order valence-corrected chi connectivity index (χ4v) is 1.64. The van der Waals surface area contributed by atoms with Crippen molar-refractivity contribution in [3.8, 4) is 0 Å². The Morgan fingerprint density at radius 1 is 1.19 bits per heavy atom. The van der Waals surface area contributed by atoms with E-state index in [9.17, 15) is 9.59 Å². The number of nitrogens with one attached hydrogen (secondary N) is 2. The number of aryl methyl sites for hydroxylation is 1. The third-order valence-corrected chi connectivity index (χ3v) is 2.76. The van der Waals surface area contributed by atoms with Gasteiger partial charge in [0.05, 0.1) is 6.54 Å². The molecule has 0 bridgehead atoms. The molecule has 0 radical (unpaired) electrons. The highest BCUT2D eigenvalue weighted by molar-refractivity contribution is 5.95. The monoisotopic (exact) mass is 289 g/mol. The largest absolute Gasteiger partial charge is 0.354 e. The minimum Gasteiger partial charge on any atom is -0.354 e. The molecular weight excluding hydrogens is 274 g/mol. The van der Waals surface area contributed by atoms with Gasteiger partial charge in [-0.1, -0.05) is 5.16 Å². The molecule has 0 unspecified atom stereocenters. The van der Waals surface area contributed by atoms with Crippen molar-refractivity contribution in [3.05, 3.63) is 41.5 Å². The molecule has 21 heavy (non-hydrogen) atoms. The summed E-state index contributed by atoms with van der Waals surface area (Å²) in [5.41, 5.74) is 1.55. The quantitative estimate of drug-likeness (QED) is 0.766. The minimum atomic E-state index is -0.488. The first kappa shape index (κ1) is 14.6. The fourth-order valence-electron chi connectivity index (χ4n) is 1.64. The first-order chi connectivity index (χ1) is 10.2. The number of hydrogen-bond donors (Lipinski definition) is 2. The Balaban J connectivity index is 1.68. The van der Waals surface area contributed by atoms with Gasteiger partial charge in [0.2, 0.25) is 5.91 Å². The van der Waals surface area contributed by atoms with E-state index in [-0.39, 0.29) is 18.1 Å². The molecule has 0 saturated carbocycles. The molecule has 110 valence electrons. The Morgan fingerprint density at radius 2 is 1.95 bits per heavy atom. The number of pyridine rings is 1. The van der Waals surface area contributed by atoms with Crippen LogP contribution in [0.2, 0.25) is 0 Å². The van der Waals surface area contributed by atoms with Crippen molar-refractivity contribution in [2.45, 2.75) is 13.3 Å². The Kier molecular flexibility index (Phi) is 4.97. The molecule has 0 aromatic carbocycles. The van der Waals surface area contributed by atoms with Gasteiger partial charge >= 0.3 is 0 Å². The van der Waals surface area contributed by atoms with Crippen LogP contribution in [-0.4, -0.2) is 40.2 Å². The van der Waals surface area contributed by atoms with Crippen LogP contribution in [0.3, 0.4) is 0 Å². The molecule has 0 aliphatic rings. The summed E-state index contributed by atoms with van der Waals surface area (Å²) in [7, 11) is 0. The van der Waals surface area contributed by atoms with Crippen LogP contribution in [0.5, 0.6) is 0 Å². The Labute approximate surface area is 120 Å². The standard InChI is InChI=1S/C13H15N5O3/c1-9-12(18-21-17-9)13(20)16-8-11(19)15-7-4-10-2-5-14-6-3-10/h2-3,5-6H,4,7-8H2,1H3,(H,15,19)(H,16,20). The van der Waals surface area contributed by atoms with Crippen LogP contribution >= 0.6 is 0 Å². The zero-order valence-corrected chi connectivity index (χ0v) is 11.5. The van der Waals surface area contributed by atoms with Gasteiger partial charge in [0.25, 0.3) is 5.91 Å². The lowest BCUT2D eigenvalue weighted by atomic mass is 10.2. The summed E-state index contributed by atoms with van der Waals surface area (Å²) in [6.45, 7) is 1.96. The maximum Gasteiger partial charge on any atom is 0.275 e. The maximum absolute atomic E-state index is 11.7. The van der Waals surface area contributed by atoms with Gasteiger partial charge in [-0.25, -0.2) is 4.63 Å². The first-order valence-corrected chi connectivity index (χ1v) is 6.40. The van der Waals surface area contributed by atoms with Gasteiger partial charge in [-0.15, -0.1) is 0 Å². The third-order valence-electron chi connectivity index (χ3n) is 2.76. The summed E-state index contributed by atoms with van der Waals surface area (Å²) in [6, 6.07) is 3.77. The lowest BCUT2D eigenvalue weighted by molar-refractivity contribution is -0.120. The van der Waals surface area contributed by atoms with E-state index in [1.807, 2.05) is 12.1 Å². The Hall–Kier alpha value is -2.77. The molecule has 0 aliphatic heterocycles. The van der Waals surface area contributed by atoms with E-state index < -0.39 is 5.91 Å². The predicted molar refractivity (Wildman–Crippen MR) is 72.3 cm³/mol. The van der Waals surface area contributed by atoms with Gasteiger partial charge in [0.1, 0.15) is 5.69 Å². The van der Waals surface area contributed by atoms with Crippen LogP contribution in [0.4, 0.5) is 0 Å². The molecule has 2 aromatic heterocycles. The van der Waals surface area contributed by atoms with E-state index in [4.69, 9.17) is 0 Å². The van der Waals surface area contributed by atoms with Crippen LogP contribution < -0.4 is 10.6 Å². The van der Waals surface area contributed by atoms with Crippen LogP contribution in [-0.2, 0) is 11.2 Å². The number of carbonyl (C=O) groups excluding carboxylic acids is 2. The van der Waals surface area contributed by atoms with Crippen molar-refractivity contribution >= 4 is 11.8 Å². The van der Waals surface area contributed by atoms with Crippen LogP contribution in [0.1, 0.15) is 21.7 Å². The van der Waals surface area contributed by atoms with Gasteiger partial charge in [0.15, 0.2) is 5.69 Å². The summed E-state index contributed by atoms with van der Waals surface area (Å²) in [6.07, 6.45) is 4.10. The number of aromatic nitrogens is 3. The molecule has 2 amide bonds. The molecule has 2 aromatic rings. The maximum atomic E-state index is 11.7. The molecule has 8 heteroatoms. The second-order valence-corrected chi connectivity index (χ2v) is 4.34. The summed E-state index contributed by atoms with van der Waals surface area (Å²) in [5.74, 6) is -0.760. The summed E-state index contributed by atoms with van der Waals surface area (Å²) < 4.78 is 4.42. The molecule has 8 nitrogen and oxygen atoms in total. The van der Waals surface area contributed by atoms with Crippen LogP contribution in [0.25, 0.3) is 0 Å². The molecule has 2 heterocycles. The summed E-state index contributed by atoms with van der Waals surface area (Å²) in [5, 5.41) is 12.1. The van der Waals surface area contributed by atoms with Crippen molar-refractivity contribution in [2.24, 2.45) is 0 Å². The Bertz CT molecular complexity index is 611. The van der Waals surface area contributed by atoms with Crippen LogP contribution in [0.15, 0.2) is 29.2 Å². The van der Waals surface area contributed by atoms with Gasteiger partial charge in [-0.3, -0.25) is 14.6 Å². The van der Waals surface area contributed by atoms with E-state index in [1.165, 1.54) is 0 Å². The molecule has 0 fully saturated rings. The summed E-state index contributed by atoms with van der Waals surface area (Å²) in [4.78, 5) is 27.2. The second kappa shape index (κ2) is 7.13. The third kappa shape index (κ3) is 4.37. The van der Waals surface area contributed by atoms with Crippen molar-refractivity contribution in [1.29, 1.82) is 0 Å². The van der Waals surface area contributed by atoms with Gasteiger partial charge in [0, 0.05) is 18.9 Å². The van der Waals surface area contributed by atoms with Crippen molar-refractivity contribution in [3.63, 3.8) is 0 Å². The average molecular weight is 289 g/mol. The Morgan fingerprint density at radius 3 is 2.62 bits per heavy atom. The highest BCUT2D eigenvalue weighted by Crippen LogP contribution is 1.99. The van der Waals surface area contributed by atoms with Gasteiger partial charge in [-0.05, 0) is 36.2 Å². The molecule has 0 aliphatic carbocycles. The zero-order chi connectivity index (χ0) is 15.1. The average Bonchev–Trinajstić information content (AvgIpc) is 2.92. The van der Waals surface area contributed by atoms with Gasteiger partial charge in [-0.2, -0.15) is 0 Å². The lowest BCUT2D eigenvalue weighted by Gasteiger charge is -2.06. The molecular formula is C13H15N5O3. The number of carbonyl (C=O) groups is 2. The topological polar surface area (TPSA) is 110 Å². The van der Waals surface area contributed by atoms with E-state index in [0.717, 1.165) is 5.56 Å². The van der Waals surface area contributed by atoms with Crippen molar-refractivity contribution < 1.29 is 14.2 Å². The number of rotatable bonds is 6. The zero-order valence-electron chi connectivity index (χ0n) is 11.5. The smallest absolute Gasteiger partial charge is 0.275 e. The molecule has 0 atom stereocenters. The molecule has 0 spiro atoms. The van der Waals surface area contributed by atoms with Gasteiger partial charge < -0.3 is 10.6 Å².